The maximum absolute atomic E-state index is 13.1. The minimum Gasteiger partial charge on any atom is -0.480 e. The summed E-state index contributed by atoms with van der Waals surface area (Å²) in [4.78, 5) is 38.5. The van der Waals surface area contributed by atoms with Gasteiger partial charge < -0.3 is 40.4 Å². The molecule has 13 nitrogen and oxygen atoms in total. The van der Waals surface area contributed by atoms with E-state index in [9.17, 15) is 39.5 Å². The second kappa shape index (κ2) is 12.0. The largest absolute Gasteiger partial charge is 0.480 e. The fraction of sp³-hybridized carbons (Fsp3) is 0.565. The fourth-order valence-electron chi connectivity index (χ4n) is 4.15. The third kappa shape index (κ3) is 7.37. The van der Waals surface area contributed by atoms with Crippen molar-refractivity contribution < 1.29 is 48.7 Å². The number of aliphatic hydroxyl groups excluding tert-OH is 3. The molecule has 206 valence electrons. The Kier molecular flexibility index (Phi) is 9.48. The van der Waals surface area contributed by atoms with Gasteiger partial charge in [-0.15, -0.1) is 0 Å². The highest BCUT2D eigenvalue weighted by Gasteiger charge is 2.45. The van der Waals surface area contributed by atoms with Crippen LogP contribution in [0.5, 0.6) is 0 Å². The molecule has 37 heavy (non-hydrogen) atoms. The van der Waals surface area contributed by atoms with Gasteiger partial charge in [-0.3, -0.25) is 9.32 Å². The molecule has 1 fully saturated rings. The zero-order valence-electron chi connectivity index (χ0n) is 20.6. The van der Waals surface area contributed by atoms with E-state index in [2.05, 4.69) is 15.4 Å². The summed E-state index contributed by atoms with van der Waals surface area (Å²) in [6, 6.07) is 4.63. The molecule has 0 radical (unpaired) electrons. The Labute approximate surface area is 213 Å². The van der Waals surface area contributed by atoms with E-state index in [0.29, 0.717) is 5.56 Å². The number of carbonyl (C=O) groups is 2. The molecule has 1 amide bonds. The molecular weight excluding hydrogens is 509 g/mol. The number of aliphatic hydroxyl groups is 3. The highest BCUT2D eigenvalue weighted by molar-refractivity contribution is 7.50. The van der Waals surface area contributed by atoms with E-state index in [4.69, 9.17) is 9.26 Å². The monoisotopic (exact) mass is 543 g/mol. The molecule has 0 saturated carbocycles. The van der Waals surface area contributed by atoms with Crippen molar-refractivity contribution in [1.29, 1.82) is 0 Å². The van der Waals surface area contributed by atoms with Gasteiger partial charge >= 0.3 is 13.7 Å². The smallest absolute Gasteiger partial charge is 0.406 e. The number of benzene rings is 1. The molecule has 2 aromatic rings. The van der Waals surface area contributed by atoms with E-state index < -0.39 is 62.4 Å². The van der Waals surface area contributed by atoms with Crippen LogP contribution in [0, 0.1) is 5.92 Å². The lowest BCUT2D eigenvalue weighted by atomic mass is 10.0. The van der Waals surface area contributed by atoms with E-state index >= 15 is 0 Å². The van der Waals surface area contributed by atoms with Gasteiger partial charge in [-0.25, -0.2) is 14.4 Å². The Bertz CT molecular complexity index is 1140. The Hall–Kier alpha value is -2.35. The number of rotatable bonds is 11. The molecule has 0 bridgehead atoms. The van der Waals surface area contributed by atoms with Crippen molar-refractivity contribution in [3.63, 3.8) is 0 Å². The van der Waals surface area contributed by atoms with Crippen molar-refractivity contribution in [3.8, 4) is 0 Å². The van der Waals surface area contributed by atoms with Gasteiger partial charge in [0.1, 0.15) is 24.4 Å². The molecule has 1 aliphatic heterocycles. The fourth-order valence-corrected chi connectivity index (χ4v) is 5.28. The van der Waals surface area contributed by atoms with Crippen molar-refractivity contribution in [1.82, 2.24) is 15.4 Å². The van der Waals surface area contributed by atoms with Gasteiger partial charge in [0, 0.05) is 23.5 Å². The van der Waals surface area contributed by atoms with Crippen LogP contribution in [-0.4, -0.2) is 85.0 Å². The van der Waals surface area contributed by atoms with Crippen molar-refractivity contribution in [2.24, 2.45) is 5.92 Å². The van der Waals surface area contributed by atoms with Crippen LogP contribution in [0.4, 0.5) is 0 Å². The lowest BCUT2D eigenvalue weighted by Crippen LogP contribution is -2.57. The first-order valence-electron chi connectivity index (χ1n) is 11.9. The summed E-state index contributed by atoms with van der Waals surface area (Å²) in [5.41, 5.74) is 1.48. The second-order valence-electron chi connectivity index (χ2n) is 9.58. The molecule has 0 spiro atoms. The number of nitrogens with one attached hydrogen (secondary N) is 3. The summed E-state index contributed by atoms with van der Waals surface area (Å²) >= 11 is 0. The van der Waals surface area contributed by atoms with Crippen molar-refractivity contribution >= 4 is 30.5 Å². The third-order valence-corrected chi connectivity index (χ3v) is 7.24. The number of aromatic nitrogens is 1. The van der Waals surface area contributed by atoms with E-state index in [0.717, 1.165) is 10.9 Å². The Morgan fingerprint density at radius 3 is 2.46 bits per heavy atom. The second-order valence-corrected chi connectivity index (χ2v) is 11.1. The SMILES string of the molecule is CC(C)C[C@@H](NP(=O)(O)O[C@@H]1O[C@@H](C)[C@H](O)[C@@H](O)[C@H]1O)C(=O)N[C@@H](Cc1c[nH]c2ccccc12)C(=O)O. The zero-order valence-corrected chi connectivity index (χ0v) is 21.5. The van der Waals surface area contributed by atoms with Crippen LogP contribution >= 0.6 is 7.75 Å². The Balaban J connectivity index is 1.72. The average Bonchev–Trinajstić information content (AvgIpc) is 3.22. The number of carboxylic acid groups (broad SMARTS) is 1. The molecule has 14 heteroatoms. The number of hydrogen-bond acceptors (Lipinski definition) is 8. The lowest BCUT2D eigenvalue weighted by Gasteiger charge is -2.39. The topological polar surface area (TPSA) is 211 Å². The van der Waals surface area contributed by atoms with Crippen molar-refractivity contribution in [2.75, 3.05) is 0 Å². The summed E-state index contributed by atoms with van der Waals surface area (Å²) in [6.07, 6.45) is -6.08. The predicted octanol–water partition coefficient (Wildman–Crippen LogP) is 0.229. The van der Waals surface area contributed by atoms with Crippen LogP contribution in [0.1, 0.15) is 32.8 Å². The first-order valence-corrected chi connectivity index (χ1v) is 13.4. The van der Waals surface area contributed by atoms with E-state index in [1.807, 2.05) is 24.3 Å². The highest BCUT2D eigenvalue weighted by Crippen LogP contribution is 2.42. The molecule has 2 heterocycles. The van der Waals surface area contributed by atoms with Crippen LogP contribution in [0.25, 0.3) is 10.9 Å². The summed E-state index contributed by atoms with van der Waals surface area (Å²) in [7, 11) is -4.83. The Morgan fingerprint density at radius 1 is 1.14 bits per heavy atom. The van der Waals surface area contributed by atoms with Gasteiger partial charge in [-0.2, -0.15) is 0 Å². The number of fused-ring (bicyclic) bond motifs is 1. The van der Waals surface area contributed by atoms with Gasteiger partial charge in [0.25, 0.3) is 0 Å². The first-order chi connectivity index (χ1) is 17.3. The molecule has 0 aliphatic carbocycles. The van der Waals surface area contributed by atoms with E-state index in [1.165, 1.54) is 6.92 Å². The van der Waals surface area contributed by atoms with Gasteiger partial charge in [-0.05, 0) is 30.9 Å². The molecule has 1 aliphatic rings. The number of para-hydroxylation sites is 1. The van der Waals surface area contributed by atoms with Gasteiger partial charge in [0.05, 0.1) is 12.1 Å². The number of aliphatic carboxylic acids is 1. The minimum absolute atomic E-state index is 0.0347. The number of aromatic amines is 1. The summed E-state index contributed by atoms with van der Waals surface area (Å²) < 4.78 is 23.0. The molecule has 3 rings (SSSR count). The number of carbonyl (C=O) groups excluding carboxylic acids is 1. The molecule has 1 unspecified atom stereocenters. The van der Waals surface area contributed by atoms with E-state index in [-0.39, 0.29) is 18.8 Å². The summed E-state index contributed by atoms with van der Waals surface area (Å²) in [5.74, 6) is -2.27. The number of carboxylic acids is 1. The maximum Gasteiger partial charge on any atom is 0.406 e. The van der Waals surface area contributed by atoms with Crippen LogP contribution in [0.15, 0.2) is 30.5 Å². The van der Waals surface area contributed by atoms with Crippen LogP contribution in [0.3, 0.4) is 0 Å². The summed E-state index contributed by atoms with van der Waals surface area (Å²) in [5, 5.41) is 45.0. The molecule has 8 atom stereocenters. The van der Waals surface area contributed by atoms with Gasteiger partial charge in [0.2, 0.25) is 5.91 Å². The quantitative estimate of drug-likeness (QED) is 0.180. The highest BCUT2D eigenvalue weighted by atomic mass is 31.2. The number of amides is 1. The average molecular weight is 544 g/mol. The molecule has 1 saturated heterocycles. The molecule has 1 aromatic heterocycles. The van der Waals surface area contributed by atoms with Crippen molar-refractivity contribution in [2.45, 2.75) is 76.4 Å². The first kappa shape index (κ1) is 29.2. The van der Waals surface area contributed by atoms with Crippen LogP contribution in [0.2, 0.25) is 0 Å². The minimum atomic E-state index is -4.83. The molecule has 8 N–H and O–H groups in total. The van der Waals surface area contributed by atoms with Gasteiger partial charge in [-0.1, -0.05) is 32.0 Å². The Morgan fingerprint density at radius 2 is 1.81 bits per heavy atom. The number of hydrogen-bond donors (Lipinski definition) is 8. The van der Waals surface area contributed by atoms with Crippen LogP contribution < -0.4 is 10.4 Å². The summed E-state index contributed by atoms with van der Waals surface area (Å²) in [6.45, 7) is 4.90. The number of ether oxygens (including phenoxy) is 1. The zero-order chi connectivity index (χ0) is 27.5. The number of H-pyrrole nitrogens is 1. The standard InChI is InChI=1S/C23H34N3O10P/c1-11(2)8-16(26-37(33,34)36-23-20(29)19(28)18(27)12(3)35-23)21(30)25-17(22(31)32)9-13-10-24-15-7-5-4-6-14(13)15/h4-7,10-12,16-20,23-24,27-29H,8-9H2,1-3H3,(H,25,30)(H,31,32)(H2,26,33,34)/t12-,16+,17-,18-,19+,20+,23-/m0/s1. The maximum atomic E-state index is 13.1. The predicted molar refractivity (Wildman–Crippen MR) is 131 cm³/mol. The van der Waals surface area contributed by atoms with E-state index in [1.54, 1.807) is 20.0 Å². The molecular formula is C23H34N3O10P. The lowest BCUT2D eigenvalue weighted by molar-refractivity contribution is -0.270. The normalized spacial score (nSPS) is 27.5. The van der Waals surface area contributed by atoms with Gasteiger partial charge in [0.15, 0.2) is 6.29 Å². The molecule has 1 aromatic carbocycles. The van der Waals surface area contributed by atoms with Crippen LogP contribution in [-0.2, 0) is 29.8 Å². The third-order valence-electron chi connectivity index (χ3n) is 6.11. The van der Waals surface area contributed by atoms with Crippen molar-refractivity contribution in [3.05, 3.63) is 36.0 Å².